The fourth-order valence-electron chi connectivity index (χ4n) is 1.92. The lowest BCUT2D eigenvalue weighted by atomic mass is 10.1. The number of amides is 1. The van der Waals surface area contributed by atoms with E-state index in [1.165, 1.54) is 25.3 Å². The number of rotatable bonds is 4. The smallest absolute Gasteiger partial charge is 0.270 e. The highest BCUT2D eigenvalue weighted by molar-refractivity contribution is 14.1. The first-order valence-electron chi connectivity index (χ1n) is 6.43. The van der Waals surface area contributed by atoms with E-state index in [9.17, 15) is 14.9 Å². The maximum Gasteiger partial charge on any atom is 0.270 e. The number of non-ortho nitro benzene ring substituents is 1. The van der Waals surface area contributed by atoms with Crippen molar-refractivity contribution in [1.29, 1.82) is 0 Å². The number of hydrogen-bond donors (Lipinski definition) is 1. The van der Waals surface area contributed by atoms with Crippen molar-refractivity contribution in [2.75, 3.05) is 12.4 Å². The monoisotopic (exact) mass is 446 g/mol. The summed E-state index contributed by atoms with van der Waals surface area (Å²) < 4.78 is 5.69. The second-order valence-corrected chi connectivity index (χ2v) is 6.25. The van der Waals surface area contributed by atoms with Gasteiger partial charge >= 0.3 is 0 Å². The Hall–Kier alpha value is -1.87. The Labute approximate surface area is 151 Å². The largest absolute Gasteiger partial charge is 0.495 e. The van der Waals surface area contributed by atoms with Crippen molar-refractivity contribution in [1.82, 2.24) is 0 Å². The molecule has 0 saturated heterocycles. The van der Waals surface area contributed by atoms with Crippen molar-refractivity contribution in [2.45, 2.75) is 6.92 Å². The first-order valence-corrected chi connectivity index (χ1v) is 7.88. The third kappa shape index (κ3) is 3.91. The molecule has 0 fully saturated rings. The zero-order valence-corrected chi connectivity index (χ0v) is 15.1. The maximum absolute atomic E-state index is 12.4. The van der Waals surface area contributed by atoms with Gasteiger partial charge in [-0.2, -0.15) is 0 Å². The zero-order valence-electron chi connectivity index (χ0n) is 12.2. The van der Waals surface area contributed by atoms with E-state index in [0.717, 1.165) is 5.56 Å². The Kier molecular flexibility index (Phi) is 5.42. The van der Waals surface area contributed by atoms with Gasteiger partial charge in [0.1, 0.15) is 5.75 Å². The van der Waals surface area contributed by atoms with Crippen LogP contribution in [0.2, 0.25) is 5.02 Å². The van der Waals surface area contributed by atoms with Crippen molar-refractivity contribution < 1.29 is 14.5 Å². The average Bonchev–Trinajstić information content (AvgIpc) is 2.50. The van der Waals surface area contributed by atoms with Gasteiger partial charge in [-0.1, -0.05) is 11.6 Å². The number of benzene rings is 2. The fourth-order valence-corrected chi connectivity index (χ4v) is 2.82. The van der Waals surface area contributed by atoms with E-state index < -0.39 is 4.92 Å². The van der Waals surface area contributed by atoms with Crippen molar-refractivity contribution in [3.05, 3.63) is 60.2 Å². The maximum atomic E-state index is 12.4. The summed E-state index contributed by atoms with van der Waals surface area (Å²) in [6, 6.07) is 7.39. The van der Waals surface area contributed by atoms with Gasteiger partial charge < -0.3 is 10.1 Å². The van der Waals surface area contributed by atoms with Crippen LogP contribution < -0.4 is 10.1 Å². The third-order valence-electron chi connectivity index (χ3n) is 3.14. The van der Waals surface area contributed by atoms with E-state index in [1.807, 2.05) is 29.5 Å². The topological polar surface area (TPSA) is 81.5 Å². The minimum atomic E-state index is -0.505. The van der Waals surface area contributed by atoms with Gasteiger partial charge in [0.15, 0.2) is 0 Å². The van der Waals surface area contributed by atoms with E-state index in [0.29, 0.717) is 25.6 Å². The summed E-state index contributed by atoms with van der Waals surface area (Å²) in [6.07, 6.45) is 0. The van der Waals surface area contributed by atoms with Gasteiger partial charge in [-0.15, -0.1) is 0 Å². The molecule has 120 valence electrons. The van der Waals surface area contributed by atoms with Gasteiger partial charge in [0, 0.05) is 26.8 Å². The number of anilines is 1. The molecular weight excluding hydrogens is 435 g/mol. The average molecular weight is 447 g/mol. The number of nitro benzene ring substituents is 1. The molecule has 0 saturated carbocycles. The molecule has 0 aliphatic carbocycles. The van der Waals surface area contributed by atoms with Gasteiger partial charge in [-0.05, 0) is 47.2 Å². The first kappa shape index (κ1) is 17.5. The van der Waals surface area contributed by atoms with Crippen molar-refractivity contribution >= 4 is 51.5 Å². The first-order chi connectivity index (χ1) is 10.8. The summed E-state index contributed by atoms with van der Waals surface area (Å²) in [5, 5.41) is 14.0. The molecule has 0 aromatic heterocycles. The van der Waals surface area contributed by atoms with Gasteiger partial charge in [0.25, 0.3) is 11.6 Å². The van der Waals surface area contributed by atoms with Crippen LogP contribution in [0.15, 0.2) is 30.3 Å². The number of nitro groups is 1. The standard InChI is InChI=1S/C15H12ClIN2O4/c1-8-5-13(14(23-2)7-11(8)16)18-15(20)10-4-3-9(19(21)22)6-12(10)17/h3-7H,1-2H3,(H,18,20). The lowest BCUT2D eigenvalue weighted by Crippen LogP contribution is -2.14. The van der Waals surface area contributed by atoms with Crippen molar-refractivity contribution in [3.8, 4) is 5.75 Å². The summed E-state index contributed by atoms with van der Waals surface area (Å²) in [5.74, 6) is 0.0511. The van der Waals surface area contributed by atoms with Crippen LogP contribution in [0.25, 0.3) is 0 Å². The number of nitrogens with one attached hydrogen (secondary N) is 1. The molecule has 2 rings (SSSR count). The van der Waals surface area contributed by atoms with Crippen LogP contribution in [0.5, 0.6) is 5.75 Å². The van der Waals surface area contributed by atoms with Crippen molar-refractivity contribution in [3.63, 3.8) is 0 Å². The van der Waals surface area contributed by atoms with Crippen LogP contribution in [0.3, 0.4) is 0 Å². The third-order valence-corrected chi connectivity index (χ3v) is 4.44. The second kappa shape index (κ2) is 7.14. The number of hydrogen-bond acceptors (Lipinski definition) is 4. The molecular formula is C15H12ClIN2O4. The van der Waals surface area contributed by atoms with Crippen LogP contribution in [0, 0.1) is 20.6 Å². The molecule has 0 aliphatic rings. The highest BCUT2D eigenvalue weighted by Crippen LogP contribution is 2.31. The predicted octanol–water partition coefficient (Wildman–Crippen LogP) is 4.42. The van der Waals surface area contributed by atoms with Crippen LogP contribution in [0.1, 0.15) is 15.9 Å². The Morgan fingerprint density at radius 1 is 1.35 bits per heavy atom. The molecule has 0 atom stereocenters. The molecule has 1 amide bonds. The van der Waals surface area contributed by atoms with E-state index in [4.69, 9.17) is 16.3 Å². The molecule has 0 spiro atoms. The van der Waals surface area contributed by atoms with Crippen molar-refractivity contribution in [2.24, 2.45) is 0 Å². The Bertz CT molecular complexity index is 795. The molecule has 8 heteroatoms. The molecule has 0 heterocycles. The molecule has 2 aromatic rings. The lowest BCUT2D eigenvalue weighted by molar-refractivity contribution is -0.384. The number of halogens is 2. The second-order valence-electron chi connectivity index (χ2n) is 4.68. The van der Waals surface area contributed by atoms with E-state index in [-0.39, 0.29) is 11.6 Å². The molecule has 6 nitrogen and oxygen atoms in total. The number of ether oxygens (including phenoxy) is 1. The number of methoxy groups -OCH3 is 1. The van der Waals surface area contributed by atoms with Crippen LogP contribution >= 0.6 is 34.2 Å². The summed E-state index contributed by atoms with van der Waals surface area (Å²) in [6.45, 7) is 1.81. The highest BCUT2D eigenvalue weighted by atomic mass is 127. The molecule has 0 aliphatic heterocycles. The number of carbonyl (C=O) groups is 1. The number of nitrogens with zero attached hydrogens (tertiary/aromatic N) is 1. The quantitative estimate of drug-likeness (QED) is 0.428. The van der Waals surface area contributed by atoms with Crippen LogP contribution in [-0.4, -0.2) is 17.9 Å². The van der Waals surface area contributed by atoms with Gasteiger partial charge in [-0.3, -0.25) is 14.9 Å². The van der Waals surface area contributed by atoms with E-state index in [1.54, 1.807) is 12.1 Å². The summed E-state index contributed by atoms with van der Waals surface area (Å²) in [5.41, 5.74) is 1.55. The molecule has 23 heavy (non-hydrogen) atoms. The predicted molar refractivity (Wildman–Crippen MR) is 96.5 cm³/mol. The van der Waals surface area contributed by atoms with Gasteiger partial charge in [-0.25, -0.2) is 0 Å². The molecule has 0 bridgehead atoms. The lowest BCUT2D eigenvalue weighted by Gasteiger charge is -2.13. The van der Waals surface area contributed by atoms with Crippen LogP contribution in [0.4, 0.5) is 11.4 Å². The van der Waals surface area contributed by atoms with E-state index in [2.05, 4.69) is 5.32 Å². The number of carbonyl (C=O) groups excluding carboxylic acids is 1. The van der Waals surface area contributed by atoms with Gasteiger partial charge in [0.05, 0.1) is 23.3 Å². The van der Waals surface area contributed by atoms with Gasteiger partial charge in [0.2, 0.25) is 0 Å². The Morgan fingerprint density at radius 2 is 2.04 bits per heavy atom. The summed E-state index contributed by atoms with van der Waals surface area (Å²) in [4.78, 5) is 22.7. The molecule has 1 N–H and O–H groups in total. The minimum Gasteiger partial charge on any atom is -0.495 e. The Morgan fingerprint density at radius 3 is 2.61 bits per heavy atom. The normalized spacial score (nSPS) is 10.3. The molecule has 2 aromatic carbocycles. The summed E-state index contributed by atoms with van der Waals surface area (Å²) in [7, 11) is 1.48. The molecule has 0 unspecified atom stereocenters. The van der Waals surface area contributed by atoms with E-state index >= 15 is 0 Å². The molecule has 0 radical (unpaired) electrons. The number of aryl methyl sites for hydroxylation is 1. The zero-order chi connectivity index (χ0) is 17.1. The van der Waals surface area contributed by atoms with Crippen LogP contribution in [-0.2, 0) is 0 Å². The fraction of sp³-hybridized carbons (Fsp3) is 0.133. The Balaban J connectivity index is 2.33. The summed E-state index contributed by atoms with van der Waals surface area (Å²) >= 11 is 7.92. The SMILES string of the molecule is COc1cc(Cl)c(C)cc1NC(=O)c1ccc([N+](=O)[O-])cc1I. The highest BCUT2D eigenvalue weighted by Gasteiger charge is 2.16. The minimum absolute atomic E-state index is 0.0640.